The fraction of sp³-hybridized carbons (Fsp3) is 0.381. The first-order valence-corrected chi connectivity index (χ1v) is 9.17. The Labute approximate surface area is 155 Å². The van der Waals surface area contributed by atoms with Crippen LogP contribution in [-0.2, 0) is 4.79 Å². The smallest absolute Gasteiger partial charge is 0.238 e. The molecule has 0 bridgehead atoms. The molecule has 3 rings (SSSR count). The van der Waals surface area contributed by atoms with Gasteiger partial charge in [0.15, 0.2) is 5.75 Å². The average molecular weight is 353 g/mol. The van der Waals surface area contributed by atoms with Crippen LogP contribution in [0.1, 0.15) is 18.4 Å². The van der Waals surface area contributed by atoms with E-state index in [-0.39, 0.29) is 5.91 Å². The number of carbonyl (C=O) groups excluding carboxylic acids is 1. The van der Waals surface area contributed by atoms with Crippen molar-refractivity contribution >= 4 is 11.6 Å². The fourth-order valence-electron chi connectivity index (χ4n) is 3.22. The van der Waals surface area contributed by atoms with Crippen molar-refractivity contribution in [2.24, 2.45) is 0 Å². The molecule has 0 radical (unpaired) electrons. The van der Waals surface area contributed by atoms with Crippen molar-refractivity contribution in [2.75, 3.05) is 32.0 Å². The van der Waals surface area contributed by atoms with Gasteiger partial charge in [-0.05, 0) is 57.6 Å². The lowest BCUT2D eigenvalue weighted by molar-refractivity contribution is -0.117. The maximum absolute atomic E-state index is 12.5. The molecular formula is C21H27N3O2. The number of anilines is 1. The van der Waals surface area contributed by atoms with E-state index in [1.165, 1.54) is 12.0 Å². The molecule has 2 N–H and O–H groups in total. The predicted octanol–water partition coefficient (Wildman–Crippen LogP) is 3.41. The molecule has 0 aliphatic carbocycles. The second kappa shape index (κ2) is 8.83. The monoisotopic (exact) mass is 353 g/mol. The topological polar surface area (TPSA) is 53.6 Å². The number of hydrogen-bond acceptors (Lipinski definition) is 4. The van der Waals surface area contributed by atoms with Crippen molar-refractivity contribution < 1.29 is 9.53 Å². The lowest BCUT2D eigenvalue weighted by Gasteiger charge is -2.31. The molecule has 1 amide bonds. The van der Waals surface area contributed by atoms with E-state index in [2.05, 4.69) is 15.5 Å². The number of amides is 1. The average Bonchev–Trinajstić information content (AvgIpc) is 2.65. The maximum Gasteiger partial charge on any atom is 0.238 e. The molecule has 0 saturated carbocycles. The van der Waals surface area contributed by atoms with Crippen LogP contribution in [0.2, 0.25) is 0 Å². The molecule has 1 unspecified atom stereocenters. The van der Waals surface area contributed by atoms with Gasteiger partial charge in [0.1, 0.15) is 5.75 Å². The number of likely N-dealkylation sites (N-methyl/N-ethyl adjacent to an activating group) is 1. The molecule has 0 aromatic heterocycles. The fourth-order valence-corrected chi connectivity index (χ4v) is 3.22. The zero-order valence-electron chi connectivity index (χ0n) is 15.5. The van der Waals surface area contributed by atoms with Gasteiger partial charge in [-0.2, -0.15) is 0 Å². The highest BCUT2D eigenvalue weighted by molar-refractivity contribution is 5.93. The number of aryl methyl sites for hydroxylation is 1. The molecule has 2 aromatic carbocycles. The van der Waals surface area contributed by atoms with Gasteiger partial charge < -0.3 is 15.4 Å². The highest BCUT2D eigenvalue weighted by Gasteiger charge is 2.20. The van der Waals surface area contributed by atoms with Crippen molar-refractivity contribution in [3.8, 4) is 11.5 Å². The SMILES string of the molecule is CNC1CCCN(CC(=O)Nc2ccccc2Oc2ccc(C)cc2)C1. The minimum absolute atomic E-state index is 0.0123. The van der Waals surface area contributed by atoms with Gasteiger partial charge in [0.05, 0.1) is 12.2 Å². The van der Waals surface area contributed by atoms with E-state index >= 15 is 0 Å². The van der Waals surface area contributed by atoms with Crippen molar-refractivity contribution in [3.05, 3.63) is 54.1 Å². The molecule has 2 aromatic rings. The number of para-hydroxylation sites is 2. The van der Waals surface area contributed by atoms with E-state index in [9.17, 15) is 4.79 Å². The Bertz CT molecular complexity index is 730. The van der Waals surface area contributed by atoms with Gasteiger partial charge in [0, 0.05) is 12.6 Å². The second-order valence-corrected chi connectivity index (χ2v) is 6.82. The number of hydrogen-bond donors (Lipinski definition) is 2. The Kier molecular flexibility index (Phi) is 6.26. The van der Waals surface area contributed by atoms with E-state index in [0.717, 1.165) is 25.3 Å². The van der Waals surface area contributed by atoms with E-state index in [1.54, 1.807) is 0 Å². The Morgan fingerprint density at radius 3 is 2.73 bits per heavy atom. The highest BCUT2D eigenvalue weighted by atomic mass is 16.5. The van der Waals surface area contributed by atoms with Gasteiger partial charge in [0.25, 0.3) is 0 Å². The summed E-state index contributed by atoms with van der Waals surface area (Å²) in [6, 6.07) is 15.9. The summed E-state index contributed by atoms with van der Waals surface area (Å²) in [5.41, 5.74) is 1.88. The molecule has 1 saturated heterocycles. The van der Waals surface area contributed by atoms with Crippen LogP contribution < -0.4 is 15.4 Å². The van der Waals surface area contributed by atoms with Crippen LogP contribution in [0, 0.1) is 6.92 Å². The summed E-state index contributed by atoms with van der Waals surface area (Å²) in [6.45, 7) is 4.31. The standard InChI is InChI=1S/C21H27N3O2/c1-16-9-11-18(12-10-16)26-20-8-4-3-7-19(20)23-21(25)15-24-13-5-6-17(14-24)22-2/h3-4,7-12,17,22H,5-6,13-15H2,1-2H3,(H,23,25). The molecule has 1 fully saturated rings. The molecule has 5 heteroatoms. The van der Waals surface area contributed by atoms with Crippen molar-refractivity contribution in [1.29, 1.82) is 0 Å². The van der Waals surface area contributed by atoms with E-state index < -0.39 is 0 Å². The lowest BCUT2D eigenvalue weighted by atomic mass is 10.1. The largest absolute Gasteiger partial charge is 0.455 e. The number of piperidine rings is 1. The molecule has 1 aliphatic heterocycles. The first-order valence-electron chi connectivity index (χ1n) is 9.17. The van der Waals surface area contributed by atoms with Crippen LogP contribution in [-0.4, -0.2) is 43.5 Å². The van der Waals surface area contributed by atoms with Crippen LogP contribution >= 0.6 is 0 Å². The minimum atomic E-state index is -0.0123. The van der Waals surface area contributed by atoms with E-state index in [0.29, 0.717) is 24.0 Å². The Morgan fingerprint density at radius 2 is 1.96 bits per heavy atom. The molecule has 1 aliphatic rings. The second-order valence-electron chi connectivity index (χ2n) is 6.82. The summed E-state index contributed by atoms with van der Waals surface area (Å²) < 4.78 is 5.95. The number of nitrogens with one attached hydrogen (secondary N) is 2. The summed E-state index contributed by atoms with van der Waals surface area (Å²) >= 11 is 0. The Hall–Kier alpha value is -2.37. The summed E-state index contributed by atoms with van der Waals surface area (Å²) in [5.74, 6) is 1.39. The predicted molar refractivity (Wildman–Crippen MR) is 105 cm³/mol. The van der Waals surface area contributed by atoms with Crippen LogP contribution in [0.25, 0.3) is 0 Å². The maximum atomic E-state index is 12.5. The Morgan fingerprint density at radius 1 is 1.19 bits per heavy atom. The molecule has 138 valence electrons. The third-order valence-electron chi connectivity index (χ3n) is 4.69. The van der Waals surface area contributed by atoms with Crippen LogP contribution in [0.4, 0.5) is 5.69 Å². The van der Waals surface area contributed by atoms with E-state index in [1.807, 2.05) is 62.5 Å². The number of ether oxygens (including phenoxy) is 1. The first kappa shape index (κ1) is 18.4. The number of likely N-dealkylation sites (tertiary alicyclic amines) is 1. The van der Waals surface area contributed by atoms with Gasteiger partial charge in [-0.25, -0.2) is 0 Å². The van der Waals surface area contributed by atoms with Crippen LogP contribution in [0.5, 0.6) is 11.5 Å². The molecule has 1 heterocycles. The van der Waals surface area contributed by atoms with Crippen molar-refractivity contribution in [3.63, 3.8) is 0 Å². The molecule has 0 spiro atoms. The van der Waals surface area contributed by atoms with Crippen LogP contribution in [0.15, 0.2) is 48.5 Å². The van der Waals surface area contributed by atoms with Gasteiger partial charge in [-0.3, -0.25) is 9.69 Å². The summed E-state index contributed by atoms with van der Waals surface area (Å²) in [4.78, 5) is 14.7. The van der Waals surface area contributed by atoms with Gasteiger partial charge in [-0.15, -0.1) is 0 Å². The molecular weight excluding hydrogens is 326 g/mol. The zero-order chi connectivity index (χ0) is 18.4. The number of rotatable bonds is 6. The summed E-state index contributed by atoms with van der Waals surface area (Å²) in [5, 5.41) is 6.30. The lowest BCUT2D eigenvalue weighted by Crippen LogP contribution is -2.46. The van der Waals surface area contributed by atoms with E-state index in [4.69, 9.17) is 4.74 Å². The summed E-state index contributed by atoms with van der Waals surface area (Å²) in [6.07, 6.45) is 2.29. The van der Waals surface area contributed by atoms with Crippen molar-refractivity contribution in [2.45, 2.75) is 25.8 Å². The van der Waals surface area contributed by atoms with Gasteiger partial charge in [-0.1, -0.05) is 29.8 Å². The minimum Gasteiger partial charge on any atom is -0.455 e. The number of carbonyl (C=O) groups is 1. The zero-order valence-corrected chi connectivity index (χ0v) is 15.5. The first-order chi connectivity index (χ1) is 12.6. The highest BCUT2D eigenvalue weighted by Crippen LogP contribution is 2.29. The number of benzene rings is 2. The van der Waals surface area contributed by atoms with Gasteiger partial charge in [0.2, 0.25) is 5.91 Å². The quantitative estimate of drug-likeness (QED) is 0.836. The molecule has 5 nitrogen and oxygen atoms in total. The third kappa shape index (κ3) is 5.07. The molecule has 26 heavy (non-hydrogen) atoms. The van der Waals surface area contributed by atoms with Gasteiger partial charge >= 0.3 is 0 Å². The Balaban J connectivity index is 1.62. The van der Waals surface area contributed by atoms with Crippen molar-refractivity contribution in [1.82, 2.24) is 10.2 Å². The molecule has 1 atom stereocenters. The van der Waals surface area contributed by atoms with Crippen LogP contribution in [0.3, 0.4) is 0 Å². The summed E-state index contributed by atoms with van der Waals surface area (Å²) in [7, 11) is 1.98. The number of nitrogens with zero attached hydrogens (tertiary/aromatic N) is 1. The third-order valence-corrected chi connectivity index (χ3v) is 4.69. The normalized spacial score (nSPS) is 17.7.